The number of carbonyl (C=O) groups excluding carboxylic acids is 2. The van der Waals surface area contributed by atoms with E-state index in [-0.39, 0.29) is 11.8 Å². The highest BCUT2D eigenvalue weighted by molar-refractivity contribution is 6.06. The van der Waals surface area contributed by atoms with Crippen LogP contribution in [-0.4, -0.2) is 18.9 Å². The molecule has 2 N–H and O–H groups in total. The van der Waals surface area contributed by atoms with Crippen molar-refractivity contribution < 1.29 is 14.3 Å². The maximum absolute atomic E-state index is 12.5. The number of nitrogens with zero attached hydrogens (tertiary/aromatic N) is 1. The van der Waals surface area contributed by atoms with E-state index in [1.165, 1.54) is 6.07 Å². The summed E-state index contributed by atoms with van der Waals surface area (Å²) in [6.07, 6.45) is 0. The van der Waals surface area contributed by atoms with Crippen LogP contribution in [0.1, 0.15) is 31.8 Å². The maximum atomic E-state index is 12.5. The van der Waals surface area contributed by atoms with Crippen LogP contribution in [0.15, 0.2) is 72.8 Å². The van der Waals surface area contributed by atoms with E-state index in [4.69, 9.17) is 10.00 Å². The summed E-state index contributed by atoms with van der Waals surface area (Å²) < 4.78 is 5.11. The molecule has 2 amide bonds. The zero-order valence-electron chi connectivity index (χ0n) is 15.8. The number of benzene rings is 3. The standard InChI is InChI=1S/C23H19N3O3/c1-29-21-10-8-16(9-11-21)15-25-22(27)18-5-3-6-19(13-18)23(28)26-20-7-2-4-17(12-20)14-24/h2-13H,15H2,1H3,(H,25,27)(H,26,28). The Morgan fingerprint density at radius 1 is 0.931 bits per heavy atom. The van der Waals surface area contributed by atoms with Gasteiger partial charge in [0.1, 0.15) is 5.75 Å². The van der Waals surface area contributed by atoms with Gasteiger partial charge < -0.3 is 15.4 Å². The molecule has 0 unspecified atom stereocenters. The second kappa shape index (κ2) is 9.20. The second-order valence-electron chi connectivity index (χ2n) is 6.26. The molecule has 6 nitrogen and oxygen atoms in total. The molecule has 6 heteroatoms. The van der Waals surface area contributed by atoms with Crippen LogP contribution in [-0.2, 0) is 6.54 Å². The van der Waals surface area contributed by atoms with Gasteiger partial charge in [-0.2, -0.15) is 5.26 Å². The SMILES string of the molecule is COc1ccc(CNC(=O)c2cccc(C(=O)Nc3cccc(C#N)c3)c2)cc1. The third-order valence-electron chi connectivity index (χ3n) is 4.25. The van der Waals surface area contributed by atoms with Gasteiger partial charge in [0.2, 0.25) is 0 Å². The van der Waals surface area contributed by atoms with E-state index in [9.17, 15) is 9.59 Å². The number of nitrogens with one attached hydrogen (secondary N) is 2. The molecule has 0 aromatic heterocycles. The van der Waals surface area contributed by atoms with Gasteiger partial charge in [0.15, 0.2) is 0 Å². The predicted octanol–water partition coefficient (Wildman–Crippen LogP) is 3.75. The zero-order chi connectivity index (χ0) is 20.6. The zero-order valence-corrected chi connectivity index (χ0v) is 15.8. The van der Waals surface area contributed by atoms with Crippen LogP contribution in [0.3, 0.4) is 0 Å². The number of hydrogen-bond acceptors (Lipinski definition) is 4. The number of amides is 2. The molecule has 29 heavy (non-hydrogen) atoms. The lowest BCUT2D eigenvalue weighted by Crippen LogP contribution is -2.23. The Bertz CT molecular complexity index is 1070. The Morgan fingerprint density at radius 3 is 2.31 bits per heavy atom. The Labute approximate surface area is 168 Å². The monoisotopic (exact) mass is 385 g/mol. The summed E-state index contributed by atoms with van der Waals surface area (Å²) >= 11 is 0. The van der Waals surface area contributed by atoms with Crippen molar-refractivity contribution in [3.8, 4) is 11.8 Å². The van der Waals surface area contributed by atoms with Crippen LogP contribution in [0.4, 0.5) is 5.69 Å². The molecule has 0 aliphatic heterocycles. The van der Waals surface area contributed by atoms with Crippen molar-refractivity contribution in [2.45, 2.75) is 6.54 Å². The first-order valence-electron chi connectivity index (χ1n) is 8.92. The average molecular weight is 385 g/mol. The number of anilines is 1. The van der Waals surface area contributed by atoms with Gasteiger partial charge in [-0.15, -0.1) is 0 Å². The summed E-state index contributed by atoms with van der Waals surface area (Å²) in [6.45, 7) is 0.361. The number of nitriles is 1. The van der Waals surface area contributed by atoms with Gasteiger partial charge in [-0.1, -0.05) is 24.3 Å². The van der Waals surface area contributed by atoms with E-state index in [1.54, 1.807) is 49.6 Å². The van der Waals surface area contributed by atoms with Gasteiger partial charge in [-0.3, -0.25) is 9.59 Å². The van der Waals surface area contributed by atoms with Crippen LogP contribution < -0.4 is 15.4 Å². The fraction of sp³-hybridized carbons (Fsp3) is 0.0870. The van der Waals surface area contributed by atoms with Crippen molar-refractivity contribution in [3.05, 3.63) is 95.1 Å². The minimum absolute atomic E-state index is 0.276. The van der Waals surface area contributed by atoms with E-state index >= 15 is 0 Å². The minimum Gasteiger partial charge on any atom is -0.497 e. The van der Waals surface area contributed by atoms with Gasteiger partial charge in [-0.25, -0.2) is 0 Å². The quantitative estimate of drug-likeness (QED) is 0.676. The van der Waals surface area contributed by atoms with Crippen molar-refractivity contribution in [1.29, 1.82) is 5.26 Å². The summed E-state index contributed by atoms with van der Waals surface area (Å²) in [7, 11) is 1.60. The molecule has 0 aliphatic carbocycles. The summed E-state index contributed by atoms with van der Waals surface area (Å²) in [5.74, 6) is 0.117. The largest absolute Gasteiger partial charge is 0.497 e. The Morgan fingerprint density at radius 2 is 1.62 bits per heavy atom. The molecular formula is C23H19N3O3. The highest BCUT2D eigenvalue weighted by atomic mass is 16.5. The Hall–Kier alpha value is -4.11. The second-order valence-corrected chi connectivity index (χ2v) is 6.26. The predicted molar refractivity (Wildman–Crippen MR) is 110 cm³/mol. The highest BCUT2D eigenvalue weighted by Gasteiger charge is 2.11. The summed E-state index contributed by atoms with van der Waals surface area (Å²) in [5.41, 5.74) is 2.64. The molecule has 0 spiro atoms. The van der Waals surface area contributed by atoms with Gasteiger partial charge >= 0.3 is 0 Å². The normalized spacial score (nSPS) is 9.93. The third kappa shape index (κ3) is 5.21. The molecule has 3 rings (SSSR count). The van der Waals surface area contributed by atoms with Crippen molar-refractivity contribution in [1.82, 2.24) is 5.32 Å². The summed E-state index contributed by atoms with van der Waals surface area (Å²) in [5, 5.41) is 14.5. The minimum atomic E-state index is -0.357. The summed E-state index contributed by atoms with van der Waals surface area (Å²) in [6, 6.07) is 22.5. The van der Waals surface area contributed by atoms with Gasteiger partial charge in [0, 0.05) is 23.4 Å². The first kappa shape index (κ1) is 19.6. The highest BCUT2D eigenvalue weighted by Crippen LogP contribution is 2.14. The molecule has 3 aromatic carbocycles. The van der Waals surface area contributed by atoms with Gasteiger partial charge in [-0.05, 0) is 54.1 Å². The van der Waals surface area contributed by atoms with Gasteiger partial charge in [0.05, 0.1) is 18.7 Å². The van der Waals surface area contributed by atoms with Crippen molar-refractivity contribution in [2.24, 2.45) is 0 Å². The van der Waals surface area contributed by atoms with Gasteiger partial charge in [0.25, 0.3) is 11.8 Å². The smallest absolute Gasteiger partial charge is 0.255 e. The van der Waals surface area contributed by atoms with Crippen LogP contribution in [0.5, 0.6) is 5.75 Å². The average Bonchev–Trinajstić information content (AvgIpc) is 2.78. The van der Waals surface area contributed by atoms with Crippen molar-refractivity contribution in [2.75, 3.05) is 12.4 Å². The van der Waals surface area contributed by atoms with Crippen molar-refractivity contribution >= 4 is 17.5 Å². The van der Waals surface area contributed by atoms with Crippen molar-refractivity contribution in [3.63, 3.8) is 0 Å². The fourth-order valence-electron chi connectivity index (χ4n) is 2.70. The first-order valence-corrected chi connectivity index (χ1v) is 8.92. The molecule has 0 heterocycles. The first-order chi connectivity index (χ1) is 14.1. The maximum Gasteiger partial charge on any atom is 0.255 e. The van der Waals surface area contributed by atoms with E-state index in [0.717, 1.165) is 11.3 Å². The Kier molecular flexibility index (Phi) is 6.23. The Balaban J connectivity index is 1.65. The van der Waals surface area contributed by atoms with Crippen LogP contribution in [0.25, 0.3) is 0 Å². The van der Waals surface area contributed by atoms with Crippen LogP contribution in [0, 0.1) is 11.3 Å². The molecule has 144 valence electrons. The number of rotatable bonds is 6. The van der Waals surface area contributed by atoms with E-state index in [0.29, 0.717) is 28.9 Å². The molecular weight excluding hydrogens is 366 g/mol. The van der Waals surface area contributed by atoms with E-state index < -0.39 is 0 Å². The number of hydrogen-bond donors (Lipinski definition) is 2. The molecule has 0 saturated heterocycles. The van der Waals surface area contributed by atoms with Crippen LogP contribution in [0.2, 0.25) is 0 Å². The lowest BCUT2D eigenvalue weighted by Gasteiger charge is -2.09. The molecule has 0 fully saturated rings. The molecule has 3 aromatic rings. The van der Waals surface area contributed by atoms with Crippen LogP contribution >= 0.6 is 0 Å². The number of carbonyl (C=O) groups is 2. The fourth-order valence-corrected chi connectivity index (χ4v) is 2.70. The van der Waals surface area contributed by atoms with E-state index in [2.05, 4.69) is 10.6 Å². The molecule has 0 atom stereocenters. The van der Waals surface area contributed by atoms with E-state index in [1.807, 2.05) is 30.3 Å². The molecule has 0 bridgehead atoms. The summed E-state index contributed by atoms with van der Waals surface area (Å²) in [4.78, 5) is 24.9. The number of ether oxygens (including phenoxy) is 1. The molecule has 0 aliphatic rings. The lowest BCUT2D eigenvalue weighted by atomic mass is 10.1. The lowest BCUT2D eigenvalue weighted by molar-refractivity contribution is 0.0951. The topological polar surface area (TPSA) is 91.2 Å². The molecule has 0 radical (unpaired) electrons. The third-order valence-corrected chi connectivity index (χ3v) is 4.25. The molecule has 0 saturated carbocycles. The number of methoxy groups -OCH3 is 1.